The lowest BCUT2D eigenvalue weighted by atomic mass is 10.0. The predicted octanol–water partition coefficient (Wildman–Crippen LogP) is 4.31. The van der Waals surface area contributed by atoms with Crippen molar-refractivity contribution in [2.24, 2.45) is 0 Å². The lowest BCUT2D eigenvalue weighted by Gasteiger charge is -2.05. The third-order valence-corrected chi connectivity index (χ3v) is 3.61. The molecule has 3 aromatic rings. The number of hydrogen-bond acceptors (Lipinski definition) is 2. The number of furan rings is 1. The summed E-state index contributed by atoms with van der Waals surface area (Å²) in [5.41, 5.74) is 2.15. The zero-order valence-electron chi connectivity index (χ0n) is 9.53. The van der Waals surface area contributed by atoms with Gasteiger partial charge in [0.2, 0.25) is 0 Å². The van der Waals surface area contributed by atoms with Crippen LogP contribution in [0.1, 0.15) is 11.3 Å². The van der Waals surface area contributed by atoms with Crippen LogP contribution >= 0.6 is 11.6 Å². The second-order valence-corrected chi connectivity index (χ2v) is 4.94. The molecule has 2 heterocycles. The lowest BCUT2D eigenvalue weighted by molar-refractivity contribution is 0.592. The maximum absolute atomic E-state index is 6.04. The monoisotopic (exact) mass is 255 g/mol. The summed E-state index contributed by atoms with van der Waals surface area (Å²) in [4.78, 5) is 0. The fourth-order valence-corrected chi connectivity index (χ4v) is 2.67. The first-order chi connectivity index (χ1) is 8.81. The summed E-state index contributed by atoms with van der Waals surface area (Å²) >= 11 is 6.04. The third-order valence-electron chi connectivity index (χ3n) is 3.37. The standard InChI is InChI=1S/C15H10ClNO/c16-11-2-1-9-7-15-12(6-10(9)5-11)13-8-17-4-3-14(13)18-15/h1-7,17H,8H2. The number of rotatable bonds is 0. The van der Waals surface area contributed by atoms with Crippen molar-refractivity contribution in [1.82, 2.24) is 5.32 Å². The number of nitrogens with one attached hydrogen (secondary N) is 1. The van der Waals surface area contributed by atoms with E-state index in [1.54, 1.807) is 0 Å². The molecular weight excluding hydrogens is 246 g/mol. The number of fused-ring (bicyclic) bond motifs is 4. The van der Waals surface area contributed by atoms with E-state index in [1.807, 2.05) is 30.5 Å². The Labute approximate surface area is 109 Å². The molecule has 1 aliphatic heterocycles. The van der Waals surface area contributed by atoms with Crippen LogP contribution < -0.4 is 5.32 Å². The van der Waals surface area contributed by atoms with Crippen LogP contribution in [0.3, 0.4) is 0 Å². The molecule has 1 N–H and O–H groups in total. The Balaban J connectivity index is 2.13. The molecule has 3 heteroatoms. The summed E-state index contributed by atoms with van der Waals surface area (Å²) in [5, 5.41) is 7.43. The van der Waals surface area contributed by atoms with Gasteiger partial charge in [-0.2, -0.15) is 0 Å². The molecule has 0 saturated carbocycles. The molecule has 0 spiro atoms. The van der Waals surface area contributed by atoms with E-state index in [1.165, 1.54) is 5.56 Å². The molecule has 4 rings (SSSR count). The highest BCUT2D eigenvalue weighted by Gasteiger charge is 2.14. The second kappa shape index (κ2) is 3.53. The van der Waals surface area contributed by atoms with E-state index < -0.39 is 0 Å². The van der Waals surface area contributed by atoms with Crippen LogP contribution in [0.25, 0.3) is 27.8 Å². The summed E-state index contributed by atoms with van der Waals surface area (Å²) < 4.78 is 5.87. The van der Waals surface area contributed by atoms with Crippen LogP contribution in [0.15, 0.2) is 40.9 Å². The largest absolute Gasteiger partial charge is 0.456 e. The molecule has 0 unspecified atom stereocenters. The van der Waals surface area contributed by atoms with Crippen LogP contribution in [0.4, 0.5) is 0 Å². The summed E-state index contributed by atoms with van der Waals surface area (Å²) in [6, 6.07) is 10.1. The SMILES string of the molecule is Clc1ccc2cc3oc4c(c3cc2c1)CNC=C4. The van der Waals surface area contributed by atoms with Crippen LogP contribution in [-0.2, 0) is 6.54 Å². The van der Waals surface area contributed by atoms with Crippen molar-refractivity contribution >= 4 is 39.4 Å². The number of halogens is 1. The first-order valence-electron chi connectivity index (χ1n) is 5.86. The topological polar surface area (TPSA) is 25.2 Å². The Morgan fingerprint density at radius 1 is 1.11 bits per heavy atom. The van der Waals surface area contributed by atoms with E-state index in [9.17, 15) is 0 Å². The second-order valence-electron chi connectivity index (χ2n) is 4.50. The molecule has 0 aliphatic carbocycles. The molecule has 0 atom stereocenters. The van der Waals surface area contributed by atoms with Gasteiger partial charge in [-0.25, -0.2) is 0 Å². The van der Waals surface area contributed by atoms with Crippen molar-refractivity contribution in [3.63, 3.8) is 0 Å². The minimum absolute atomic E-state index is 0.761. The Bertz CT molecular complexity index is 801. The summed E-state index contributed by atoms with van der Waals surface area (Å²) in [7, 11) is 0. The van der Waals surface area contributed by atoms with E-state index in [4.69, 9.17) is 16.0 Å². The minimum Gasteiger partial charge on any atom is -0.456 e. The average Bonchev–Trinajstić information content (AvgIpc) is 2.74. The maximum atomic E-state index is 6.04. The van der Waals surface area contributed by atoms with Gasteiger partial charge in [-0.1, -0.05) is 17.7 Å². The van der Waals surface area contributed by atoms with Crippen molar-refractivity contribution in [2.45, 2.75) is 6.54 Å². The highest BCUT2D eigenvalue weighted by molar-refractivity contribution is 6.31. The highest BCUT2D eigenvalue weighted by atomic mass is 35.5. The normalized spacial score (nSPS) is 13.8. The Morgan fingerprint density at radius 3 is 3.00 bits per heavy atom. The van der Waals surface area contributed by atoms with Gasteiger partial charge in [0.25, 0.3) is 0 Å². The molecule has 1 aliphatic rings. The van der Waals surface area contributed by atoms with Crippen LogP contribution in [-0.4, -0.2) is 0 Å². The quantitative estimate of drug-likeness (QED) is 0.647. The van der Waals surface area contributed by atoms with Crippen LogP contribution in [0.5, 0.6) is 0 Å². The fraction of sp³-hybridized carbons (Fsp3) is 0.0667. The highest BCUT2D eigenvalue weighted by Crippen LogP contribution is 2.32. The Kier molecular flexibility index (Phi) is 1.97. The van der Waals surface area contributed by atoms with Gasteiger partial charge in [0.15, 0.2) is 0 Å². The molecule has 0 amide bonds. The van der Waals surface area contributed by atoms with Crippen molar-refractivity contribution in [3.05, 3.63) is 52.9 Å². The summed E-state index contributed by atoms with van der Waals surface area (Å²) in [6.07, 6.45) is 3.89. The Morgan fingerprint density at radius 2 is 2.06 bits per heavy atom. The van der Waals surface area contributed by atoms with Crippen molar-refractivity contribution < 1.29 is 4.42 Å². The summed E-state index contributed by atoms with van der Waals surface area (Å²) in [5.74, 6) is 0.949. The maximum Gasteiger partial charge on any atom is 0.135 e. The van der Waals surface area contributed by atoms with Gasteiger partial charge >= 0.3 is 0 Å². The van der Waals surface area contributed by atoms with E-state index in [0.717, 1.165) is 39.1 Å². The first kappa shape index (κ1) is 10.0. The molecule has 0 fully saturated rings. The van der Waals surface area contributed by atoms with E-state index in [2.05, 4.69) is 17.4 Å². The molecule has 18 heavy (non-hydrogen) atoms. The zero-order valence-corrected chi connectivity index (χ0v) is 10.3. The molecule has 0 radical (unpaired) electrons. The van der Waals surface area contributed by atoms with E-state index in [-0.39, 0.29) is 0 Å². The van der Waals surface area contributed by atoms with Gasteiger partial charge in [-0.15, -0.1) is 0 Å². The minimum atomic E-state index is 0.761. The summed E-state index contributed by atoms with van der Waals surface area (Å²) in [6.45, 7) is 0.810. The van der Waals surface area contributed by atoms with Crippen LogP contribution in [0.2, 0.25) is 5.02 Å². The van der Waals surface area contributed by atoms with Gasteiger partial charge < -0.3 is 9.73 Å². The van der Waals surface area contributed by atoms with Crippen molar-refractivity contribution in [3.8, 4) is 0 Å². The smallest absolute Gasteiger partial charge is 0.135 e. The molecule has 1 aromatic heterocycles. The first-order valence-corrected chi connectivity index (χ1v) is 6.24. The molecule has 2 nitrogen and oxygen atoms in total. The number of hydrogen-bond donors (Lipinski definition) is 1. The van der Waals surface area contributed by atoms with Gasteiger partial charge in [0.05, 0.1) is 0 Å². The third kappa shape index (κ3) is 1.36. The number of benzene rings is 2. The average molecular weight is 256 g/mol. The lowest BCUT2D eigenvalue weighted by Crippen LogP contribution is -2.08. The van der Waals surface area contributed by atoms with Gasteiger partial charge in [0.1, 0.15) is 11.3 Å². The Hall–Kier alpha value is -1.93. The molecule has 0 saturated heterocycles. The van der Waals surface area contributed by atoms with E-state index in [0.29, 0.717) is 0 Å². The molecule has 0 bridgehead atoms. The molecule has 2 aromatic carbocycles. The van der Waals surface area contributed by atoms with Crippen molar-refractivity contribution in [2.75, 3.05) is 0 Å². The van der Waals surface area contributed by atoms with E-state index >= 15 is 0 Å². The molecular formula is C15H10ClNO. The van der Waals surface area contributed by atoms with Gasteiger partial charge in [-0.05, 0) is 41.1 Å². The predicted molar refractivity (Wildman–Crippen MR) is 74.6 cm³/mol. The zero-order chi connectivity index (χ0) is 12.1. The molecule has 88 valence electrons. The van der Waals surface area contributed by atoms with Gasteiger partial charge in [-0.3, -0.25) is 0 Å². The fourth-order valence-electron chi connectivity index (χ4n) is 2.49. The van der Waals surface area contributed by atoms with Gasteiger partial charge in [0, 0.05) is 28.7 Å². The van der Waals surface area contributed by atoms with Crippen LogP contribution in [0, 0.1) is 0 Å². The van der Waals surface area contributed by atoms with Crippen molar-refractivity contribution in [1.29, 1.82) is 0 Å².